The van der Waals surface area contributed by atoms with Crippen LogP contribution in [0.25, 0.3) is 0 Å². The van der Waals surface area contributed by atoms with Gasteiger partial charge in [0.25, 0.3) is 11.8 Å². The molecular weight excluding hydrogens is 398 g/mol. The Bertz CT molecular complexity index is 942. The van der Waals surface area contributed by atoms with Gasteiger partial charge in [-0.25, -0.2) is 0 Å². The Hall–Kier alpha value is -3.47. The molecule has 10 nitrogen and oxygen atoms in total. The van der Waals surface area contributed by atoms with Crippen LogP contribution < -0.4 is 21.7 Å². The molecule has 0 bridgehead atoms. The molecule has 1 aromatic heterocycles. The third-order valence-electron chi connectivity index (χ3n) is 3.75. The second-order valence-electron chi connectivity index (χ2n) is 5.95. The van der Waals surface area contributed by atoms with E-state index in [4.69, 9.17) is 16.2 Å². The number of carbonyl (C=O) groups excluding carboxylic acids is 4. The van der Waals surface area contributed by atoms with Crippen molar-refractivity contribution in [2.75, 3.05) is 30.3 Å². The van der Waals surface area contributed by atoms with Gasteiger partial charge in [0.15, 0.2) is 5.69 Å². The van der Waals surface area contributed by atoms with Crippen molar-refractivity contribution < 1.29 is 23.9 Å². The van der Waals surface area contributed by atoms with E-state index in [1.165, 1.54) is 4.90 Å². The quantitative estimate of drug-likeness (QED) is 0.524. The lowest BCUT2D eigenvalue weighted by Crippen LogP contribution is -2.42. The summed E-state index contributed by atoms with van der Waals surface area (Å²) in [5, 5.41) is 2.40. The van der Waals surface area contributed by atoms with Crippen LogP contribution in [0.3, 0.4) is 0 Å². The van der Waals surface area contributed by atoms with Crippen molar-refractivity contribution in [3.05, 3.63) is 40.4 Å². The molecular formula is C18H21N5O5S. The third kappa shape index (κ3) is 5.51. The standard InChI is InChI=1S/C18H21N5O5S/c1-3-28-13(25)8-21-12(24)9-23(11-6-4-5-10(2)7-11)18(27)16-14(19)15(17(20)26)22-29-16/h4-7H,3,8-9,19H2,1-2H3,(H2,20,26)(H,21,24). The monoisotopic (exact) mass is 419 g/mol. The van der Waals surface area contributed by atoms with E-state index < -0.39 is 23.7 Å². The van der Waals surface area contributed by atoms with E-state index in [1.54, 1.807) is 25.1 Å². The Balaban J connectivity index is 2.28. The fraction of sp³-hybridized carbons (Fsp3) is 0.278. The molecule has 0 fully saturated rings. The fourth-order valence-electron chi connectivity index (χ4n) is 2.41. The highest BCUT2D eigenvalue weighted by Gasteiger charge is 2.27. The second kappa shape index (κ2) is 9.64. The molecule has 11 heteroatoms. The molecule has 0 radical (unpaired) electrons. The van der Waals surface area contributed by atoms with E-state index >= 15 is 0 Å². The molecule has 2 aromatic rings. The number of nitrogens with two attached hydrogens (primary N) is 2. The molecule has 0 unspecified atom stereocenters. The van der Waals surface area contributed by atoms with E-state index in [9.17, 15) is 19.2 Å². The van der Waals surface area contributed by atoms with E-state index in [2.05, 4.69) is 9.69 Å². The van der Waals surface area contributed by atoms with E-state index in [-0.39, 0.29) is 36.0 Å². The number of hydrogen-bond acceptors (Lipinski definition) is 8. The van der Waals surface area contributed by atoms with Crippen LogP contribution in [-0.2, 0) is 14.3 Å². The molecule has 0 atom stereocenters. The van der Waals surface area contributed by atoms with Gasteiger partial charge >= 0.3 is 5.97 Å². The lowest BCUT2D eigenvalue weighted by molar-refractivity contribution is -0.143. The molecule has 1 heterocycles. The van der Waals surface area contributed by atoms with Gasteiger partial charge in [-0.3, -0.25) is 24.1 Å². The zero-order chi connectivity index (χ0) is 21.6. The first-order valence-corrected chi connectivity index (χ1v) is 9.37. The summed E-state index contributed by atoms with van der Waals surface area (Å²) in [6.45, 7) is 2.97. The Labute approximate surface area is 171 Å². The summed E-state index contributed by atoms with van der Waals surface area (Å²) in [5.74, 6) is -2.64. The fourth-order valence-corrected chi connectivity index (χ4v) is 3.16. The maximum Gasteiger partial charge on any atom is 0.325 e. The summed E-state index contributed by atoms with van der Waals surface area (Å²) < 4.78 is 8.58. The number of esters is 1. The van der Waals surface area contributed by atoms with E-state index in [0.29, 0.717) is 5.69 Å². The molecule has 5 N–H and O–H groups in total. The van der Waals surface area contributed by atoms with Gasteiger partial charge in [0.05, 0.1) is 12.3 Å². The second-order valence-corrected chi connectivity index (χ2v) is 6.72. The smallest absolute Gasteiger partial charge is 0.325 e. The molecule has 2 rings (SSSR count). The molecule has 1 aromatic carbocycles. The summed E-state index contributed by atoms with van der Waals surface area (Å²) in [6.07, 6.45) is 0. The first kappa shape index (κ1) is 21.8. The number of nitrogen functional groups attached to an aromatic ring is 1. The normalized spacial score (nSPS) is 10.3. The number of primary amides is 1. The van der Waals surface area contributed by atoms with E-state index in [1.807, 2.05) is 13.0 Å². The predicted molar refractivity (Wildman–Crippen MR) is 108 cm³/mol. The summed E-state index contributed by atoms with van der Waals surface area (Å²) in [7, 11) is 0. The first-order chi connectivity index (χ1) is 13.7. The van der Waals surface area contributed by atoms with Crippen LogP contribution in [-0.4, -0.2) is 47.8 Å². The average Bonchev–Trinajstić information content (AvgIpc) is 3.06. The molecule has 154 valence electrons. The number of carbonyl (C=O) groups is 4. The van der Waals surface area contributed by atoms with Crippen LogP contribution >= 0.6 is 11.5 Å². The van der Waals surface area contributed by atoms with Crippen molar-refractivity contribution in [1.29, 1.82) is 0 Å². The molecule has 29 heavy (non-hydrogen) atoms. The van der Waals surface area contributed by atoms with Crippen molar-refractivity contribution in [2.24, 2.45) is 5.73 Å². The molecule has 0 spiro atoms. The van der Waals surface area contributed by atoms with Crippen molar-refractivity contribution in [3.8, 4) is 0 Å². The number of anilines is 2. The van der Waals surface area contributed by atoms with Crippen LogP contribution in [0.1, 0.15) is 32.6 Å². The van der Waals surface area contributed by atoms with Gasteiger partial charge < -0.3 is 21.5 Å². The highest BCUT2D eigenvalue weighted by molar-refractivity contribution is 7.09. The molecule has 0 saturated heterocycles. The summed E-state index contributed by atoms with van der Waals surface area (Å²) in [5.41, 5.74) is 12.0. The minimum absolute atomic E-state index is 0.0153. The lowest BCUT2D eigenvalue weighted by Gasteiger charge is -2.22. The number of nitrogens with one attached hydrogen (secondary N) is 1. The van der Waals surface area contributed by atoms with Gasteiger partial charge in [-0.05, 0) is 43.1 Å². The number of ether oxygens (including phenoxy) is 1. The molecule has 3 amide bonds. The van der Waals surface area contributed by atoms with Crippen LogP contribution in [0.5, 0.6) is 0 Å². The van der Waals surface area contributed by atoms with Gasteiger partial charge in [-0.1, -0.05) is 12.1 Å². The van der Waals surface area contributed by atoms with Crippen molar-refractivity contribution in [2.45, 2.75) is 13.8 Å². The number of aromatic nitrogens is 1. The minimum Gasteiger partial charge on any atom is -0.465 e. The molecule has 0 aliphatic rings. The number of aryl methyl sites for hydroxylation is 1. The van der Waals surface area contributed by atoms with Crippen LogP contribution in [0, 0.1) is 6.92 Å². The number of amides is 3. The number of benzene rings is 1. The molecule has 0 aliphatic heterocycles. The Morgan fingerprint density at radius 1 is 1.28 bits per heavy atom. The van der Waals surface area contributed by atoms with Gasteiger partial charge in [-0.2, -0.15) is 4.37 Å². The van der Waals surface area contributed by atoms with Gasteiger partial charge in [0.2, 0.25) is 5.91 Å². The highest BCUT2D eigenvalue weighted by atomic mass is 32.1. The average molecular weight is 419 g/mol. The Morgan fingerprint density at radius 2 is 2.00 bits per heavy atom. The summed E-state index contributed by atoms with van der Waals surface area (Å²) >= 11 is 0.719. The first-order valence-electron chi connectivity index (χ1n) is 8.60. The van der Waals surface area contributed by atoms with Crippen LogP contribution in [0.2, 0.25) is 0 Å². The summed E-state index contributed by atoms with van der Waals surface area (Å²) in [4.78, 5) is 49.4. The maximum absolute atomic E-state index is 13.1. The minimum atomic E-state index is -0.855. The van der Waals surface area contributed by atoms with Gasteiger partial charge in [-0.15, -0.1) is 0 Å². The number of hydrogen-bond donors (Lipinski definition) is 3. The largest absolute Gasteiger partial charge is 0.465 e. The van der Waals surface area contributed by atoms with E-state index in [0.717, 1.165) is 17.1 Å². The predicted octanol–water partition coefficient (Wildman–Crippen LogP) is 0.459. The zero-order valence-electron chi connectivity index (χ0n) is 15.9. The van der Waals surface area contributed by atoms with Gasteiger partial charge in [0, 0.05) is 5.69 Å². The topological polar surface area (TPSA) is 158 Å². The zero-order valence-corrected chi connectivity index (χ0v) is 16.7. The SMILES string of the molecule is CCOC(=O)CNC(=O)CN(C(=O)c1snc(C(N)=O)c1N)c1cccc(C)c1. The van der Waals surface area contributed by atoms with Crippen LogP contribution in [0.4, 0.5) is 11.4 Å². The molecule has 0 aliphatic carbocycles. The lowest BCUT2D eigenvalue weighted by atomic mass is 10.2. The van der Waals surface area contributed by atoms with Gasteiger partial charge in [0.1, 0.15) is 18.0 Å². The van der Waals surface area contributed by atoms with Crippen molar-refractivity contribution in [1.82, 2.24) is 9.69 Å². The number of nitrogens with zero attached hydrogens (tertiary/aromatic N) is 2. The Kier molecular flexibility index (Phi) is 7.26. The van der Waals surface area contributed by atoms with Crippen molar-refractivity contribution >= 4 is 46.6 Å². The Morgan fingerprint density at radius 3 is 2.59 bits per heavy atom. The van der Waals surface area contributed by atoms with Crippen molar-refractivity contribution in [3.63, 3.8) is 0 Å². The third-order valence-corrected chi connectivity index (χ3v) is 4.60. The maximum atomic E-state index is 13.1. The van der Waals surface area contributed by atoms with Crippen LogP contribution in [0.15, 0.2) is 24.3 Å². The molecule has 0 saturated carbocycles. The summed E-state index contributed by atoms with van der Waals surface area (Å²) in [6, 6.07) is 6.92. The highest BCUT2D eigenvalue weighted by Crippen LogP contribution is 2.26. The number of rotatable bonds is 8.